The van der Waals surface area contributed by atoms with Crippen LogP contribution in [0.1, 0.15) is 37.8 Å². The van der Waals surface area contributed by atoms with Crippen molar-refractivity contribution in [1.82, 2.24) is 9.29 Å². The third-order valence-corrected chi connectivity index (χ3v) is 7.12. The van der Waals surface area contributed by atoms with E-state index in [1.165, 1.54) is 4.31 Å². The molecule has 1 aliphatic heterocycles. The van der Waals surface area contributed by atoms with E-state index in [0.29, 0.717) is 36.4 Å². The number of H-pyrrole nitrogens is 1. The Morgan fingerprint density at radius 3 is 2.76 bits per heavy atom. The molecule has 21 heavy (non-hydrogen) atoms. The van der Waals surface area contributed by atoms with Crippen molar-refractivity contribution < 1.29 is 18.3 Å². The molecule has 0 aliphatic carbocycles. The van der Waals surface area contributed by atoms with Crippen LogP contribution >= 0.6 is 11.3 Å². The van der Waals surface area contributed by atoms with E-state index in [2.05, 4.69) is 4.98 Å². The van der Waals surface area contributed by atoms with Gasteiger partial charge >= 0.3 is 10.8 Å². The molecule has 1 unspecified atom stereocenters. The lowest BCUT2D eigenvalue weighted by Gasteiger charge is -2.34. The first-order chi connectivity index (χ1) is 9.82. The average Bonchev–Trinajstić information content (AvgIpc) is 2.76. The zero-order chi connectivity index (χ0) is 15.6. The second-order valence-corrected chi connectivity index (χ2v) is 8.19. The van der Waals surface area contributed by atoms with Crippen LogP contribution in [0.4, 0.5) is 0 Å². The minimum Gasteiger partial charge on any atom is -0.481 e. The number of carboxylic acid groups (broad SMARTS) is 1. The highest BCUT2D eigenvalue weighted by Gasteiger charge is 2.35. The van der Waals surface area contributed by atoms with Gasteiger partial charge in [-0.3, -0.25) is 9.59 Å². The molecule has 1 aromatic heterocycles. The molecule has 0 amide bonds. The van der Waals surface area contributed by atoms with Crippen LogP contribution in [-0.4, -0.2) is 41.4 Å². The van der Waals surface area contributed by atoms with E-state index in [4.69, 9.17) is 5.11 Å². The van der Waals surface area contributed by atoms with Gasteiger partial charge < -0.3 is 10.1 Å². The number of aryl methyl sites for hydroxylation is 1. The number of aromatic nitrogens is 1. The van der Waals surface area contributed by atoms with Gasteiger partial charge in [0.25, 0.3) is 10.0 Å². The van der Waals surface area contributed by atoms with Gasteiger partial charge in [-0.25, -0.2) is 8.42 Å². The number of sulfonamides is 1. The average molecular weight is 334 g/mol. The number of nitrogens with zero attached hydrogens (tertiary/aromatic N) is 1. The zero-order valence-electron chi connectivity index (χ0n) is 11.7. The fraction of sp³-hybridized carbons (Fsp3) is 0.667. The van der Waals surface area contributed by atoms with Gasteiger partial charge in [0.2, 0.25) is 0 Å². The normalized spacial score (nSPS) is 20.5. The van der Waals surface area contributed by atoms with E-state index >= 15 is 0 Å². The van der Waals surface area contributed by atoms with Crippen LogP contribution in [0.2, 0.25) is 0 Å². The molecule has 0 radical (unpaired) electrons. The SMILES string of the molecule is Cc1[nH]c(=O)sc1S(=O)(=O)N1CCCCC1CCC(=O)O. The number of rotatable bonds is 5. The summed E-state index contributed by atoms with van der Waals surface area (Å²) in [6, 6.07) is -0.309. The lowest BCUT2D eigenvalue weighted by Crippen LogP contribution is -2.43. The number of aromatic amines is 1. The van der Waals surface area contributed by atoms with E-state index in [0.717, 1.165) is 12.8 Å². The van der Waals surface area contributed by atoms with Gasteiger partial charge in [-0.15, -0.1) is 0 Å². The molecule has 2 rings (SSSR count). The number of aliphatic carboxylic acids is 1. The largest absolute Gasteiger partial charge is 0.481 e. The number of piperidine rings is 1. The highest BCUT2D eigenvalue weighted by atomic mass is 32.2. The second-order valence-electron chi connectivity index (χ2n) is 5.12. The number of hydrogen-bond donors (Lipinski definition) is 2. The Hall–Kier alpha value is -1.19. The Kier molecular flexibility index (Phi) is 4.84. The van der Waals surface area contributed by atoms with Crippen LogP contribution in [-0.2, 0) is 14.8 Å². The van der Waals surface area contributed by atoms with Crippen molar-refractivity contribution >= 4 is 27.3 Å². The summed E-state index contributed by atoms with van der Waals surface area (Å²) >= 11 is 0.684. The summed E-state index contributed by atoms with van der Waals surface area (Å²) in [5.41, 5.74) is 0.340. The van der Waals surface area contributed by atoms with Gasteiger partial charge in [0.05, 0.1) is 0 Å². The summed E-state index contributed by atoms with van der Waals surface area (Å²) in [5, 5.41) is 8.79. The van der Waals surface area contributed by atoms with E-state index in [9.17, 15) is 18.0 Å². The highest BCUT2D eigenvalue weighted by Crippen LogP contribution is 2.29. The monoisotopic (exact) mass is 334 g/mol. The highest BCUT2D eigenvalue weighted by molar-refractivity contribution is 7.91. The molecular formula is C12H18N2O5S2. The topological polar surface area (TPSA) is 108 Å². The molecule has 118 valence electrons. The molecule has 0 spiro atoms. The molecule has 0 saturated carbocycles. The molecule has 1 saturated heterocycles. The molecule has 1 aliphatic rings. The first-order valence-electron chi connectivity index (χ1n) is 6.75. The van der Waals surface area contributed by atoms with Gasteiger partial charge in [0.1, 0.15) is 0 Å². The van der Waals surface area contributed by atoms with E-state index in [1.807, 2.05) is 0 Å². The molecular weight excluding hydrogens is 316 g/mol. The standard InChI is InChI=1S/C12H18N2O5S2/c1-8-11(20-12(17)13-8)21(18,19)14-7-3-2-4-9(14)5-6-10(15)16/h9H,2-7H2,1H3,(H,13,17)(H,15,16). The quantitative estimate of drug-likeness (QED) is 0.840. The van der Waals surface area contributed by atoms with Gasteiger partial charge in [-0.2, -0.15) is 4.31 Å². The number of nitrogens with one attached hydrogen (secondary N) is 1. The van der Waals surface area contributed by atoms with Crippen LogP contribution in [0, 0.1) is 6.92 Å². The van der Waals surface area contributed by atoms with Crippen LogP contribution < -0.4 is 4.87 Å². The van der Waals surface area contributed by atoms with Crippen molar-refractivity contribution in [1.29, 1.82) is 0 Å². The Bertz CT molecular complexity index is 676. The summed E-state index contributed by atoms with van der Waals surface area (Å²) in [6.07, 6.45) is 2.54. The minimum atomic E-state index is -3.74. The fourth-order valence-electron chi connectivity index (χ4n) is 2.61. The Morgan fingerprint density at radius 1 is 1.48 bits per heavy atom. The van der Waals surface area contributed by atoms with E-state index in [-0.39, 0.29) is 16.7 Å². The van der Waals surface area contributed by atoms with Crippen molar-refractivity contribution in [2.75, 3.05) is 6.54 Å². The molecule has 2 heterocycles. The first kappa shape index (κ1) is 16.2. The van der Waals surface area contributed by atoms with Gasteiger partial charge in [-0.1, -0.05) is 17.8 Å². The van der Waals surface area contributed by atoms with Gasteiger partial charge in [0.15, 0.2) is 4.21 Å². The smallest absolute Gasteiger partial charge is 0.305 e. The van der Waals surface area contributed by atoms with Crippen molar-refractivity contribution in [2.24, 2.45) is 0 Å². The van der Waals surface area contributed by atoms with E-state index in [1.54, 1.807) is 6.92 Å². The predicted octanol–water partition coefficient (Wildman–Crippen LogP) is 1.15. The maximum absolute atomic E-state index is 12.7. The molecule has 0 bridgehead atoms. The predicted molar refractivity (Wildman–Crippen MR) is 78.1 cm³/mol. The maximum atomic E-state index is 12.7. The van der Waals surface area contributed by atoms with Gasteiger partial charge in [0, 0.05) is 24.7 Å². The summed E-state index contributed by atoms with van der Waals surface area (Å²) < 4.78 is 26.8. The third kappa shape index (κ3) is 3.53. The first-order valence-corrected chi connectivity index (χ1v) is 9.01. The van der Waals surface area contributed by atoms with Crippen molar-refractivity contribution in [3.8, 4) is 0 Å². The van der Waals surface area contributed by atoms with Crippen LogP contribution in [0.3, 0.4) is 0 Å². The number of thiazole rings is 1. The molecule has 1 aromatic rings. The molecule has 1 atom stereocenters. The lowest BCUT2D eigenvalue weighted by atomic mass is 10.0. The molecule has 9 heteroatoms. The maximum Gasteiger partial charge on any atom is 0.305 e. The lowest BCUT2D eigenvalue weighted by molar-refractivity contribution is -0.137. The molecule has 1 fully saturated rings. The van der Waals surface area contributed by atoms with Crippen molar-refractivity contribution in [2.45, 2.75) is 49.3 Å². The van der Waals surface area contributed by atoms with Crippen LogP contribution in [0.15, 0.2) is 9.00 Å². The molecule has 2 N–H and O–H groups in total. The number of hydrogen-bond acceptors (Lipinski definition) is 5. The number of carbonyl (C=O) groups is 1. The zero-order valence-corrected chi connectivity index (χ0v) is 13.3. The van der Waals surface area contributed by atoms with Crippen molar-refractivity contribution in [3.63, 3.8) is 0 Å². The second kappa shape index (κ2) is 6.29. The minimum absolute atomic E-state index is 0.0368. The summed E-state index contributed by atoms with van der Waals surface area (Å²) in [5.74, 6) is -0.930. The van der Waals surface area contributed by atoms with E-state index < -0.39 is 20.9 Å². The van der Waals surface area contributed by atoms with Gasteiger partial charge in [-0.05, 0) is 26.2 Å². The summed E-state index contributed by atoms with van der Waals surface area (Å²) in [4.78, 5) is 24.1. The van der Waals surface area contributed by atoms with Crippen LogP contribution in [0.25, 0.3) is 0 Å². The Balaban J connectivity index is 2.29. The molecule has 7 nitrogen and oxygen atoms in total. The fourth-order valence-corrected chi connectivity index (χ4v) is 5.75. The summed E-state index contributed by atoms with van der Waals surface area (Å²) in [7, 11) is -3.74. The third-order valence-electron chi connectivity index (χ3n) is 3.59. The van der Waals surface area contributed by atoms with Crippen molar-refractivity contribution in [3.05, 3.63) is 15.4 Å². The van der Waals surface area contributed by atoms with Crippen LogP contribution in [0.5, 0.6) is 0 Å². The summed E-state index contributed by atoms with van der Waals surface area (Å²) in [6.45, 7) is 1.93. The number of carboxylic acids is 1. The molecule has 0 aromatic carbocycles. The Morgan fingerprint density at radius 2 is 2.19 bits per heavy atom. The Labute approximate surface area is 126 Å².